The molecule has 122 valence electrons. The van der Waals surface area contributed by atoms with Crippen LogP contribution in [0.3, 0.4) is 0 Å². The summed E-state index contributed by atoms with van der Waals surface area (Å²) in [7, 11) is 3.49. The summed E-state index contributed by atoms with van der Waals surface area (Å²) in [5.41, 5.74) is 2.54. The van der Waals surface area contributed by atoms with Crippen molar-refractivity contribution in [3.8, 4) is 5.69 Å². The Balaban J connectivity index is 1.65. The van der Waals surface area contributed by atoms with Crippen molar-refractivity contribution >= 4 is 11.7 Å². The molecule has 3 aromatic rings. The third kappa shape index (κ3) is 3.57. The lowest BCUT2D eigenvalue weighted by molar-refractivity contribution is 0.0827. The molecular formula is C17H18N6O. The molecule has 0 aliphatic rings. The Bertz CT molecular complexity index is 811. The summed E-state index contributed by atoms with van der Waals surface area (Å²) in [6.07, 6.45) is 4.83. The van der Waals surface area contributed by atoms with Gasteiger partial charge in [0.05, 0.1) is 11.9 Å². The van der Waals surface area contributed by atoms with Crippen molar-refractivity contribution in [2.45, 2.75) is 6.54 Å². The minimum absolute atomic E-state index is 0.00726. The molecule has 0 fully saturated rings. The van der Waals surface area contributed by atoms with E-state index in [4.69, 9.17) is 0 Å². The van der Waals surface area contributed by atoms with E-state index in [9.17, 15) is 4.79 Å². The summed E-state index contributed by atoms with van der Waals surface area (Å²) in [5, 5.41) is 7.31. The van der Waals surface area contributed by atoms with Crippen molar-refractivity contribution in [3.63, 3.8) is 0 Å². The number of aromatic nitrogens is 4. The Labute approximate surface area is 140 Å². The van der Waals surface area contributed by atoms with Crippen LogP contribution in [0.4, 0.5) is 5.82 Å². The number of anilines is 1. The number of carbonyl (C=O) groups is 1. The second-order valence-corrected chi connectivity index (χ2v) is 5.50. The number of hydrogen-bond acceptors (Lipinski definition) is 5. The first kappa shape index (κ1) is 15.7. The number of benzene rings is 1. The van der Waals surface area contributed by atoms with Gasteiger partial charge in [0.2, 0.25) is 0 Å². The molecule has 0 unspecified atom stereocenters. The maximum absolute atomic E-state index is 12.0. The predicted molar refractivity (Wildman–Crippen MR) is 90.9 cm³/mol. The second kappa shape index (κ2) is 6.91. The highest BCUT2D eigenvalue weighted by Crippen LogP contribution is 2.12. The number of hydrogen-bond donors (Lipinski definition) is 1. The summed E-state index contributed by atoms with van der Waals surface area (Å²) >= 11 is 0. The lowest BCUT2D eigenvalue weighted by atomic mass is 10.1. The van der Waals surface area contributed by atoms with E-state index in [-0.39, 0.29) is 5.91 Å². The number of rotatable bonds is 5. The maximum atomic E-state index is 12.0. The molecular weight excluding hydrogens is 304 g/mol. The molecule has 7 nitrogen and oxygen atoms in total. The first-order valence-corrected chi connectivity index (χ1v) is 7.49. The van der Waals surface area contributed by atoms with Gasteiger partial charge in [-0.1, -0.05) is 12.1 Å². The zero-order chi connectivity index (χ0) is 16.9. The fourth-order valence-corrected chi connectivity index (χ4v) is 2.23. The van der Waals surface area contributed by atoms with Crippen LogP contribution in [-0.4, -0.2) is 44.7 Å². The first-order valence-electron chi connectivity index (χ1n) is 7.49. The second-order valence-electron chi connectivity index (χ2n) is 5.50. The van der Waals surface area contributed by atoms with Gasteiger partial charge in [-0.3, -0.25) is 4.79 Å². The van der Waals surface area contributed by atoms with Gasteiger partial charge in [-0.05, 0) is 29.8 Å². The van der Waals surface area contributed by atoms with Gasteiger partial charge in [-0.15, -0.1) is 0 Å². The molecule has 0 aliphatic heterocycles. The normalized spacial score (nSPS) is 10.4. The van der Waals surface area contributed by atoms with Gasteiger partial charge in [0.15, 0.2) is 0 Å². The van der Waals surface area contributed by atoms with Gasteiger partial charge in [0, 0.05) is 26.2 Å². The molecule has 0 radical (unpaired) electrons. The van der Waals surface area contributed by atoms with Crippen molar-refractivity contribution in [1.82, 2.24) is 24.6 Å². The molecule has 1 amide bonds. The van der Waals surface area contributed by atoms with Crippen LogP contribution in [0.25, 0.3) is 5.69 Å². The predicted octanol–water partition coefficient (Wildman–Crippen LogP) is 1.98. The molecule has 0 saturated heterocycles. The number of carbonyl (C=O) groups excluding carboxylic acids is 1. The van der Waals surface area contributed by atoms with Gasteiger partial charge in [-0.25, -0.2) is 14.6 Å². The van der Waals surface area contributed by atoms with Gasteiger partial charge in [-0.2, -0.15) is 5.10 Å². The Hall–Kier alpha value is -3.22. The summed E-state index contributed by atoms with van der Waals surface area (Å²) < 4.78 is 1.65. The molecule has 24 heavy (non-hydrogen) atoms. The zero-order valence-corrected chi connectivity index (χ0v) is 13.5. The van der Waals surface area contributed by atoms with Crippen molar-refractivity contribution in [1.29, 1.82) is 0 Å². The Morgan fingerprint density at radius 3 is 2.79 bits per heavy atom. The van der Waals surface area contributed by atoms with Crippen LogP contribution in [0.1, 0.15) is 15.9 Å². The van der Waals surface area contributed by atoms with Crippen LogP contribution in [-0.2, 0) is 6.54 Å². The lowest BCUT2D eigenvalue weighted by Gasteiger charge is -2.12. The molecule has 2 aromatic heterocycles. The van der Waals surface area contributed by atoms with Crippen molar-refractivity contribution in [2.75, 3.05) is 19.4 Å². The monoisotopic (exact) mass is 322 g/mol. The van der Waals surface area contributed by atoms with Crippen LogP contribution >= 0.6 is 0 Å². The van der Waals surface area contributed by atoms with E-state index < -0.39 is 0 Å². The average Bonchev–Trinajstić information content (AvgIpc) is 3.14. The Morgan fingerprint density at radius 2 is 2.12 bits per heavy atom. The van der Waals surface area contributed by atoms with E-state index in [0.29, 0.717) is 12.1 Å². The molecule has 0 saturated carbocycles. The largest absolute Gasteiger partial charge is 0.366 e. The third-order valence-electron chi connectivity index (χ3n) is 3.48. The summed E-state index contributed by atoms with van der Waals surface area (Å²) in [6, 6.07) is 11.4. The van der Waals surface area contributed by atoms with E-state index in [2.05, 4.69) is 20.4 Å². The van der Waals surface area contributed by atoms with Gasteiger partial charge in [0.25, 0.3) is 5.91 Å². The third-order valence-corrected chi connectivity index (χ3v) is 3.48. The fraction of sp³-hybridized carbons (Fsp3) is 0.176. The van der Waals surface area contributed by atoms with Crippen LogP contribution in [0, 0.1) is 0 Å². The van der Waals surface area contributed by atoms with Crippen molar-refractivity contribution in [3.05, 3.63) is 66.4 Å². The molecule has 1 N–H and O–H groups in total. The van der Waals surface area contributed by atoms with Crippen LogP contribution in [0.5, 0.6) is 0 Å². The van der Waals surface area contributed by atoms with E-state index in [1.165, 1.54) is 6.33 Å². The highest BCUT2D eigenvalue weighted by molar-refractivity contribution is 5.94. The molecule has 3 rings (SSSR count). The smallest absolute Gasteiger partial charge is 0.253 e. The quantitative estimate of drug-likeness (QED) is 0.777. The topological polar surface area (TPSA) is 75.9 Å². The van der Waals surface area contributed by atoms with Gasteiger partial charge >= 0.3 is 0 Å². The van der Waals surface area contributed by atoms with E-state index in [1.54, 1.807) is 36.2 Å². The molecule has 0 aliphatic carbocycles. The average molecular weight is 322 g/mol. The van der Waals surface area contributed by atoms with Gasteiger partial charge < -0.3 is 10.2 Å². The molecule has 7 heteroatoms. The van der Waals surface area contributed by atoms with E-state index >= 15 is 0 Å². The zero-order valence-electron chi connectivity index (χ0n) is 13.5. The van der Waals surface area contributed by atoms with E-state index in [0.717, 1.165) is 17.1 Å². The SMILES string of the molecule is CN(C)C(=O)c1cccc(CNc2ccc(-n3cncn3)cn2)c1. The number of amides is 1. The standard InChI is InChI=1S/C17H18N6O/c1-22(2)17(24)14-5-3-4-13(8-14)9-19-16-7-6-15(10-20-16)23-12-18-11-21-23/h3-8,10-12H,9H2,1-2H3,(H,19,20). The van der Waals surface area contributed by atoms with Crippen molar-refractivity contribution in [2.24, 2.45) is 0 Å². The molecule has 0 atom stereocenters. The van der Waals surface area contributed by atoms with Crippen LogP contribution < -0.4 is 5.32 Å². The first-order chi connectivity index (χ1) is 11.6. The number of nitrogens with zero attached hydrogens (tertiary/aromatic N) is 5. The van der Waals surface area contributed by atoms with Gasteiger partial charge in [0.1, 0.15) is 18.5 Å². The maximum Gasteiger partial charge on any atom is 0.253 e. The number of nitrogens with one attached hydrogen (secondary N) is 1. The minimum Gasteiger partial charge on any atom is -0.366 e. The number of pyridine rings is 1. The summed E-state index contributed by atoms with van der Waals surface area (Å²) in [4.78, 5) is 21.8. The highest BCUT2D eigenvalue weighted by Gasteiger charge is 2.08. The lowest BCUT2D eigenvalue weighted by Crippen LogP contribution is -2.21. The molecule has 2 heterocycles. The minimum atomic E-state index is -0.00726. The van der Waals surface area contributed by atoms with Crippen LogP contribution in [0.2, 0.25) is 0 Å². The van der Waals surface area contributed by atoms with Crippen LogP contribution in [0.15, 0.2) is 55.2 Å². The molecule has 1 aromatic carbocycles. The molecule has 0 bridgehead atoms. The summed E-state index contributed by atoms with van der Waals surface area (Å²) in [6.45, 7) is 0.588. The fourth-order valence-electron chi connectivity index (χ4n) is 2.23. The van der Waals surface area contributed by atoms with E-state index in [1.807, 2.05) is 36.4 Å². The highest BCUT2D eigenvalue weighted by atomic mass is 16.2. The van der Waals surface area contributed by atoms with Crippen molar-refractivity contribution < 1.29 is 4.79 Å². The Kier molecular flexibility index (Phi) is 4.51. The Morgan fingerprint density at radius 1 is 1.25 bits per heavy atom. The summed E-state index contributed by atoms with van der Waals surface area (Å²) in [5.74, 6) is 0.746. The molecule has 0 spiro atoms.